The van der Waals surface area contributed by atoms with E-state index in [0.717, 1.165) is 41.5 Å². The molecule has 4 rings (SSSR count). The number of sulfonamides is 1. The van der Waals surface area contributed by atoms with Crippen LogP contribution in [0.5, 0.6) is 0 Å². The monoisotopic (exact) mass is 501 g/mol. The molecule has 1 aromatic heterocycles. The number of amides is 1. The Morgan fingerprint density at radius 2 is 1.76 bits per heavy atom. The number of hydrogen-bond donors (Lipinski definition) is 0. The summed E-state index contributed by atoms with van der Waals surface area (Å²) in [6.45, 7) is 6.84. The van der Waals surface area contributed by atoms with Gasteiger partial charge in [-0.2, -0.15) is 9.30 Å². The number of aromatic nitrogens is 1. The Kier molecular flexibility index (Phi) is 7.98. The summed E-state index contributed by atoms with van der Waals surface area (Å²) in [6.07, 6.45) is 3.88. The molecular weight excluding hydrogens is 470 g/mol. The van der Waals surface area contributed by atoms with Crippen LogP contribution in [0, 0.1) is 6.92 Å². The van der Waals surface area contributed by atoms with Crippen molar-refractivity contribution >= 4 is 37.5 Å². The van der Waals surface area contributed by atoms with E-state index in [9.17, 15) is 13.2 Å². The highest BCUT2D eigenvalue weighted by atomic mass is 32.2. The Hall–Kier alpha value is -2.33. The highest BCUT2D eigenvalue weighted by Crippen LogP contribution is 2.22. The molecule has 0 unspecified atom stereocenters. The Bertz CT molecular complexity index is 1320. The molecule has 182 valence electrons. The van der Waals surface area contributed by atoms with E-state index in [4.69, 9.17) is 4.74 Å². The number of hydrogen-bond acceptors (Lipinski definition) is 5. The molecule has 7 nitrogen and oxygen atoms in total. The standard InChI is InChI=1S/C25H31N3O4S2/c1-3-32-18-17-28-23-19(2)9-8-10-22(23)33-25(28)26-24(29)20-11-13-21(14-12-20)34(30,31)27-15-6-4-5-7-16-27/h8-14H,3-7,15-18H2,1-2H3. The van der Waals surface area contributed by atoms with Gasteiger partial charge >= 0.3 is 0 Å². The smallest absolute Gasteiger partial charge is 0.279 e. The van der Waals surface area contributed by atoms with Crippen molar-refractivity contribution < 1.29 is 17.9 Å². The molecule has 3 aromatic rings. The molecule has 1 aliphatic rings. The Morgan fingerprint density at radius 1 is 1.06 bits per heavy atom. The maximum atomic E-state index is 13.0. The largest absolute Gasteiger partial charge is 0.380 e. The van der Waals surface area contributed by atoms with Gasteiger partial charge in [-0.05, 0) is 62.6 Å². The summed E-state index contributed by atoms with van der Waals surface area (Å²) in [5, 5.41) is 0. The maximum absolute atomic E-state index is 13.0. The molecule has 2 aromatic carbocycles. The summed E-state index contributed by atoms with van der Waals surface area (Å²) in [5.41, 5.74) is 2.53. The fraction of sp³-hybridized carbons (Fsp3) is 0.440. The summed E-state index contributed by atoms with van der Waals surface area (Å²) in [7, 11) is -3.55. The number of nitrogens with zero attached hydrogens (tertiary/aromatic N) is 3. The Balaban J connectivity index is 1.63. The predicted octanol–water partition coefficient (Wildman–Crippen LogP) is 4.35. The van der Waals surface area contributed by atoms with E-state index in [0.29, 0.717) is 43.2 Å². The second-order valence-electron chi connectivity index (χ2n) is 8.41. The molecule has 1 amide bonds. The third kappa shape index (κ3) is 5.33. The van der Waals surface area contributed by atoms with E-state index >= 15 is 0 Å². The highest BCUT2D eigenvalue weighted by molar-refractivity contribution is 7.89. The number of carbonyl (C=O) groups is 1. The van der Waals surface area contributed by atoms with Crippen molar-refractivity contribution in [1.29, 1.82) is 0 Å². The van der Waals surface area contributed by atoms with Crippen LogP contribution in [0.4, 0.5) is 0 Å². The summed E-state index contributed by atoms with van der Waals surface area (Å²) in [5.74, 6) is -0.395. The van der Waals surface area contributed by atoms with Crippen molar-refractivity contribution in [3.8, 4) is 0 Å². The molecule has 0 N–H and O–H groups in total. The van der Waals surface area contributed by atoms with Gasteiger partial charge in [0.2, 0.25) is 10.0 Å². The second kappa shape index (κ2) is 10.9. The average molecular weight is 502 g/mol. The van der Waals surface area contributed by atoms with Crippen LogP contribution < -0.4 is 4.80 Å². The van der Waals surface area contributed by atoms with Gasteiger partial charge in [0.25, 0.3) is 5.91 Å². The number of ether oxygens (including phenoxy) is 1. The SMILES string of the molecule is CCOCCn1c(=NC(=O)c2ccc(S(=O)(=O)N3CCCCCC3)cc2)sc2cccc(C)c21. The molecular formula is C25H31N3O4S2. The van der Waals surface area contributed by atoms with Crippen molar-refractivity contribution in [2.24, 2.45) is 4.99 Å². The molecule has 0 atom stereocenters. The first-order valence-electron chi connectivity index (χ1n) is 11.8. The number of carbonyl (C=O) groups excluding carboxylic acids is 1. The lowest BCUT2D eigenvalue weighted by molar-refractivity contribution is 0.0996. The van der Waals surface area contributed by atoms with Crippen molar-refractivity contribution in [3.63, 3.8) is 0 Å². The van der Waals surface area contributed by atoms with Crippen LogP contribution in [-0.4, -0.2) is 49.5 Å². The molecule has 0 aliphatic carbocycles. The topological polar surface area (TPSA) is 81.0 Å². The number of fused-ring (bicyclic) bond motifs is 1. The van der Waals surface area contributed by atoms with Crippen LogP contribution in [-0.2, 0) is 21.3 Å². The normalized spacial score (nSPS) is 16.1. The highest BCUT2D eigenvalue weighted by Gasteiger charge is 2.25. The zero-order valence-electron chi connectivity index (χ0n) is 19.7. The first-order chi connectivity index (χ1) is 16.4. The van der Waals surface area contributed by atoms with E-state index < -0.39 is 15.9 Å². The molecule has 2 heterocycles. The molecule has 0 spiro atoms. The maximum Gasteiger partial charge on any atom is 0.279 e. The third-order valence-corrected chi connectivity index (χ3v) is 9.02. The quantitative estimate of drug-likeness (QED) is 0.451. The molecule has 9 heteroatoms. The minimum absolute atomic E-state index is 0.218. The molecule has 34 heavy (non-hydrogen) atoms. The average Bonchev–Trinajstić information content (AvgIpc) is 2.99. The van der Waals surface area contributed by atoms with Crippen molar-refractivity contribution in [3.05, 3.63) is 58.4 Å². The van der Waals surface area contributed by atoms with Gasteiger partial charge in [0.15, 0.2) is 4.80 Å². The van der Waals surface area contributed by atoms with Crippen LogP contribution in [0.15, 0.2) is 52.4 Å². The summed E-state index contributed by atoms with van der Waals surface area (Å²) in [6, 6.07) is 12.2. The van der Waals surface area contributed by atoms with Crippen molar-refractivity contribution in [2.75, 3.05) is 26.3 Å². The molecule has 1 saturated heterocycles. The lowest BCUT2D eigenvalue weighted by atomic mass is 10.2. The Morgan fingerprint density at radius 3 is 2.44 bits per heavy atom. The van der Waals surface area contributed by atoms with E-state index in [1.165, 1.54) is 23.5 Å². The lowest BCUT2D eigenvalue weighted by Crippen LogP contribution is -2.31. The van der Waals surface area contributed by atoms with E-state index in [-0.39, 0.29) is 4.90 Å². The van der Waals surface area contributed by atoms with Gasteiger partial charge in [0.1, 0.15) is 0 Å². The van der Waals surface area contributed by atoms with Crippen LogP contribution >= 0.6 is 11.3 Å². The molecule has 0 radical (unpaired) electrons. The van der Waals surface area contributed by atoms with E-state index in [1.54, 1.807) is 16.4 Å². The van der Waals surface area contributed by atoms with E-state index in [2.05, 4.69) is 4.99 Å². The first kappa shape index (κ1) is 24.8. The number of thiazole rings is 1. The van der Waals surface area contributed by atoms with Gasteiger partial charge in [0.05, 0.1) is 21.7 Å². The number of aryl methyl sites for hydroxylation is 1. The molecule has 1 aliphatic heterocycles. The number of benzene rings is 2. The van der Waals surface area contributed by atoms with Crippen LogP contribution in [0.25, 0.3) is 10.2 Å². The fourth-order valence-corrected chi connectivity index (χ4v) is 6.90. The number of rotatable bonds is 7. The van der Waals surface area contributed by atoms with Crippen LogP contribution in [0.3, 0.4) is 0 Å². The lowest BCUT2D eigenvalue weighted by Gasteiger charge is -2.19. The summed E-state index contributed by atoms with van der Waals surface area (Å²) in [4.78, 5) is 18.2. The predicted molar refractivity (Wildman–Crippen MR) is 135 cm³/mol. The van der Waals surface area contributed by atoms with Gasteiger partial charge in [-0.1, -0.05) is 36.3 Å². The number of para-hydroxylation sites is 1. The summed E-state index contributed by atoms with van der Waals surface area (Å²) < 4.78 is 36.2. The van der Waals surface area contributed by atoms with Gasteiger partial charge in [-0.3, -0.25) is 4.79 Å². The Labute approximate surface area is 204 Å². The third-order valence-electron chi connectivity index (χ3n) is 6.07. The van der Waals surface area contributed by atoms with Crippen molar-refractivity contribution in [2.45, 2.75) is 51.0 Å². The molecule has 0 bridgehead atoms. The summed E-state index contributed by atoms with van der Waals surface area (Å²) >= 11 is 1.46. The molecule has 1 fully saturated rings. The van der Waals surface area contributed by atoms with Gasteiger partial charge in [0, 0.05) is 31.8 Å². The second-order valence-corrected chi connectivity index (χ2v) is 11.4. The zero-order chi connectivity index (χ0) is 24.1. The minimum Gasteiger partial charge on any atom is -0.380 e. The molecule has 0 saturated carbocycles. The van der Waals surface area contributed by atoms with Gasteiger partial charge < -0.3 is 9.30 Å². The fourth-order valence-electron chi connectivity index (χ4n) is 4.25. The van der Waals surface area contributed by atoms with Crippen LogP contribution in [0.2, 0.25) is 0 Å². The van der Waals surface area contributed by atoms with Gasteiger partial charge in [-0.15, -0.1) is 0 Å². The van der Waals surface area contributed by atoms with Gasteiger partial charge in [-0.25, -0.2) is 8.42 Å². The first-order valence-corrected chi connectivity index (χ1v) is 14.0. The van der Waals surface area contributed by atoms with Crippen LogP contribution in [0.1, 0.15) is 48.5 Å². The zero-order valence-corrected chi connectivity index (χ0v) is 21.3. The minimum atomic E-state index is -3.55. The van der Waals surface area contributed by atoms with Crippen molar-refractivity contribution in [1.82, 2.24) is 8.87 Å². The van der Waals surface area contributed by atoms with E-state index in [1.807, 2.05) is 36.6 Å².